The first-order valence-corrected chi connectivity index (χ1v) is 7.88. The molecule has 1 aliphatic rings. The van der Waals surface area contributed by atoms with Gasteiger partial charge in [0.2, 0.25) is 5.90 Å². The number of oxime groups is 1. The lowest BCUT2D eigenvalue weighted by atomic mass is 10.3. The third kappa shape index (κ3) is 7.11. The second-order valence-corrected chi connectivity index (χ2v) is 5.39. The van der Waals surface area contributed by atoms with E-state index in [1.165, 1.54) is 42.0 Å². The number of amides is 1. The van der Waals surface area contributed by atoms with Gasteiger partial charge in [-0.25, -0.2) is 10.5 Å². The Hall–Kier alpha value is -3.34. The number of nitrogens with zero attached hydrogens (tertiary/aromatic N) is 2. The van der Waals surface area contributed by atoms with E-state index >= 15 is 0 Å². The van der Waals surface area contributed by atoms with Crippen LogP contribution in [0.2, 0.25) is 0 Å². The summed E-state index contributed by atoms with van der Waals surface area (Å²) in [5.41, 5.74) is 1.59. The van der Waals surface area contributed by atoms with Gasteiger partial charge < -0.3 is 14.3 Å². The number of hydrogen-bond donors (Lipinski definition) is 2. The second-order valence-electron chi connectivity index (χ2n) is 5.39. The second kappa shape index (κ2) is 9.55. The minimum absolute atomic E-state index is 0.0115. The summed E-state index contributed by atoms with van der Waals surface area (Å²) in [6.45, 7) is 1.88. The molecule has 3 rings (SSSR count). The van der Waals surface area contributed by atoms with Gasteiger partial charge in [0.25, 0.3) is 5.91 Å². The van der Waals surface area contributed by atoms with Crippen LogP contribution in [0, 0.1) is 0 Å². The topological polar surface area (TPSA) is 102 Å². The zero-order valence-corrected chi connectivity index (χ0v) is 14.5. The lowest BCUT2D eigenvalue weighted by molar-refractivity contribution is -0.274. The summed E-state index contributed by atoms with van der Waals surface area (Å²) >= 11 is 0. The van der Waals surface area contributed by atoms with Gasteiger partial charge in [0.15, 0.2) is 0 Å². The first kappa shape index (κ1) is 21.0. The van der Waals surface area contributed by atoms with Crippen molar-refractivity contribution >= 4 is 11.8 Å². The number of nitrogens with one attached hydrogen (secondary N) is 1. The molecule has 150 valence electrons. The molecule has 8 nitrogen and oxygen atoms in total. The van der Waals surface area contributed by atoms with Crippen LogP contribution in [0.3, 0.4) is 0 Å². The molecule has 0 saturated carbocycles. The Labute approximate surface area is 157 Å². The van der Waals surface area contributed by atoms with Gasteiger partial charge in [-0.15, -0.1) is 13.2 Å². The molecule has 2 N–H and O–H groups in total. The zero-order valence-electron chi connectivity index (χ0n) is 14.5. The van der Waals surface area contributed by atoms with Crippen LogP contribution in [0.4, 0.5) is 13.2 Å². The van der Waals surface area contributed by atoms with Crippen molar-refractivity contribution < 1.29 is 37.5 Å². The Morgan fingerprint density at radius 2 is 1.93 bits per heavy atom. The number of carbonyl (C=O) groups excluding carboxylic acids is 1. The molecule has 1 unspecified atom stereocenters. The molecule has 0 saturated heterocycles. The van der Waals surface area contributed by atoms with Crippen LogP contribution >= 0.6 is 0 Å². The average Bonchev–Trinajstić information content (AvgIpc) is 3.06. The van der Waals surface area contributed by atoms with E-state index in [0.717, 1.165) is 0 Å². The fourth-order valence-electron chi connectivity index (χ4n) is 1.92. The Morgan fingerprint density at radius 3 is 2.43 bits per heavy atom. The summed E-state index contributed by atoms with van der Waals surface area (Å²) < 4.78 is 43.5. The number of pyridine rings is 1. The van der Waals surface area contributed by atoms with Gasteiger partial charge in [-0.2, -0.15) is 0 Å². The first-order chi connectivity index (χ1) is 13.3. The van der Waals surface area contributed by atoms with Crippen LogP contribution in [-0.2, 0) is 4.84 Å². The van der Waals surface area contributed by atoms with Crippen molar-refractivity contribution in [3.8, 4) is 11.5 Å². The van der Waals surface area contributed by atoms with Crippen LogP contribution in [-0.4, -0.2) is 34.5 Å². The van der Waals surface area contributed by atoms with E-state index in [1.54, 1.807) is 12.1 Å². The van der Waals surface area contributed by atoms with E-state index in [0.29, 0.717) is 18.1 Å². The van der Waals surface area contributed by atoms with E-state index in [1.807, 2.05) is 6.92 Å². The molecule has 0 aliphatic carbocycles. The molecule has 1 aromatic heterocycles. The maximum atomic E-state index is 11.5. The summed E-state index contributed by atoms with van der Waals surface area (Å²) in [4.78, 5) is 19.8. The number of alkyl halides is 3. The number of hydrogen-bond acceptors (Lipinski definition) is 7. The largest absolute Gasteiger partial charge is 0.573 e. The predicted octanol–water partition coefficient (Wildman–Crippen LogP) is 3.29. The van der Waals surface area contributed by atoms with Crippen LogP contribution < -0.4 is 15.0 Å². The summed E-state index contributed by atoms with van der Waals surface area (Å²) in [6, 6.07) is 10.0. The van der Waals surface area contributed by atoms with Gasteiger partial charge in [-0.05, 0) is 31.2 Å². The van der Waals surface area contributed by atoms with Crippen LogP contribution in [0.25, 0.3) is 0 Å². The van der Waals surface area contributed by atoms with Gasteiger partial charge in [0.05, 0.1) is 12.6 Å². The Kier molecular flexibility index (Phi) is 7.15. The Bertz CT molecular complexity index is 798. The molecular weight excluding hydrogens is 383 g/mol. The van der Waals surface area contributed by atoms with Crippen molar-refractivity contribution in [1.29, 1.82) is 0 Å². The SMILES string of the molecule is CC1CC(Oc2ccc(C(=O)NO)nc2)=NO1.FC(F)(F)Oc1ccccc1. The van der Waals surface area contributed by atoms with Crippen molar-refractivity contribution in [1.82, 2.24) is 10.5 Å². The van der Waals surface area contributed by atoms with Gasteiger partial charge >= 0.3 is 6.36 Å². The molecule has 1 atom stereocenters. The highest BCUT2D eigenvalue weighted by Gasteiger charge is 2.30. The highest BCUT2D eigenvalue weighted by atomic mass is 19.4. The minimum atomic E-state index is -4.60. The van der Waals surface area contributed by atoms with Crippen LogP contribution in [0.1, 0.15) is 23.8 Å². The molecule has 0 fully saturated rings. The molecule has 1 aromatic carbocycles. The summed E-state index contributed by atoms with van der Waals surface area (Å²) in [5, 5.41) is 12.1. The van der Waals surface area contributed by atoms with Crippen molar-refractivity contribution in [2.24, 2.45) is 5.16 Å². The van der Waals surface area contributed by atoms with Gasteiger partial charge in [-0.3, -0.25) is 10.0 Å². The van der Waals surface area contributed by atoms with E-state index < -0.39 is 12.3 Å². The number of aromatic nitrogens is 1. The number of ether oxygens (including phenoxy) is 2. The van der Waals surface area contributed by atoms with Crippen molar-refractivity contribution in [2.45, 2.75) is 25.8 Å². The van der Waals surface area contributed by atoms with Gasteiger partial charge in [-0.1, -0.05) is 23.4 Å². The third-order valence-electron chi connectivity index (χ3n) is 3.08. The van der Waals surface area contributed by atoms with Crippen molar-refractivity contribution in [2.75, 3.05) is 0 Å². The molecule has 2 aromatic rings. The van der Waals surface area contributed by atoms with E-state index in [-0.39, 0.29) is 17.5 Å². The monoisotopic (exact) mass is 399 g/mol. The minimum Gasteiger partial charge on any atom is -0.438 e. The maximum absolute atomic E-state index is 11.5. The number of para-hydroxylation sites is 1. The highest BCUT2D eigenvalue weighted by Crippen LogP contribution is 2.21. The molecule has 1 aliphatic heterocycles. The molecule has 0 radical (unpaired) electrons. The maximum Gasteiger partial charge on any atom is 0.573 e. The Morgan fingerprint density at radius 1 is 1.21 bits per heavy atom. The van der Waals surface area contributed by atoms with Crippen LogP contribution in [0.5, 0.6) is 11.5 Å². The molecule has 2 heterocycles. The van der Waals surface area contributed by atoms with Crippen LogP contribution in [0.15, 0.2) is 53.8 Å². The Balaban J connectivity index is 0.000000221. The zero-order chi connectivity index (χ0) is 20.6. The molecule has 0 bridgehead atoms. The molecular formula is C17H16F3N3O5. The fourth-order valence-corrected chi connectivity index (χ4v) is 1.92. The normalized spacial score (nSPS) is 15.5. The summed E-state index contributed by atoms with van der Waals surface area (Å²) in [7, 11) is 0. The predicted molar refractivity (Wildman–Crippen MR) is 89.8 cm³/mol. The third-order valence-corrected chi connectivity index (χ3v) is 3.08. The number of rotatable bonds is 3. The number of benzene rings is 1. The van der Waals surface area contributed by atoms with Gasteiger partial charge in [0.1, 0.15) is 23.3 Å². The first-order valence-electron chi connectivity index (χ1n) is 7.88. The standard InChI is InChI=1S/C10H11N3O4.C7H5F3O/c1-6-4-9(13-17-6)16-7-2-3-8(11-5-7)10(14)12-15;8-7(9,10)11-6-4-2-1-3-5-6/h2-3,5-6,15H,4H2,1H3,(H,12,14);1-5H. The quantitative estimate of drug-likeness (QED) is 0.607. The van der Waals surface area contributed by atoms with E-state index in [2.05, 4.69) is 14.9 Å². The number of carbonyl (C=O) groups is 1. The fraction of sp³-hybridized carbons (Fsp3) is 0.235. The number of hydroxylamine groups is 1. The van der Waals surface area contributed by atoms with Gasteiger partial charge in [0, 0.05) is 0 Å². The number of halogens is 3. The van der Waals surface area contributed by atoms with E-state index in [9.17, 15) is 18.0 Å². The molecule has 28 heavy (non-hydrogen) atoms. The average molecular weight is 399 g/mol. The molecule has 0 spiro atoms. The molecule has 1 amide bonds. The summed E-state index contributed by atoms with van der Waals surface area (Å²) in [6.07, 6.45) is -2.62. The van der Waals surface area contributed by atoms with Crippen molar-refractivity contribution in [3.63, 3.8) is 0 Å². The lowest BCUT2D eigenvalue weighted by Crippen LogP contribution is -2.19. The lowest BCUT2D eigenvalue weighted by Gasteiger charge is -2.07. The van der Waals surface area contributed by atoms with Crippen molar-refractivity contribution in [3.05, 3.63) is 54.4 Å². The highest BCUT2D eigenvalue weighted by molar-refractivity contribution is 5.91. The summed E-state index contributed by atoms with van der Waals surface area (Å²) in [5.74, 6) is 0.0568. The molecule has 11 heteroatoms. The smallest absolute Gasteiger partial charge is 0.438 e. The van der Waals surface area contributed by atoms with E-state index in [4.69, 9.17) is 14.8 Å².